The molecule has 1 aromatic carbocycles. The molecule has 0 saturated carbocycles. The molecule has 2 atom stereocenters. The zero-order valence-corrected chi connectivity index (χ0v) is 78.3. The lowest BCUT2D eigenvalue weighted by Gasteiger charge is -2.62. The zero-order valence-electron chi connectivity index (χ0n) is 78.3. The third kappa shape index (κ3) is 26.8. The highest BCUT2D eigenvalue weighted by molar-refractivity contribution is 5.76. The fraction of sp³-hybridized carbons (Fsp3) is 0.931. The summed E-state index contributed by atoms with van der Waals surface area (Å²) in [5, 5.41) is 0. The maximum Gasteiger partial charge on any atom is 0.311 e. The summed E-state index contributed by atoms with van der Waals surface area (Å²) < 4.78 is 13.6. The summed E-state index contributed by atoms with van der Waals surface area (Å²) in [4.78, 5) is 17.0. The Hall–Kier alpha value is -1.51. The van der Waals surface area contributed by atoms with Gasteiger partial charge in [0.1, 0.15) is 19.0 Å². The van der Waals surface area contributed by atoms with Crippen molar-refractivity contribution in [2.45, 2.75) is 516 Å². The number of unbranched alkanes of at least 4 members (excludes halogenated alkanes) is 2. The van der Waals surface area contributed by atoms with Crippen molar-refractivity contribution in [2.24, 2.45) is 81.2 Å². The minimum atomic E-state index is -0.770. The first-order valence-corrected chi connectivity index (χ1v) is 47.6. The van der Waals surface area contributed by atoms with Gasteiger partial charge < -0.3 is 9.47 Å². The van der Waals surface area contributed by atoms with Crippen molar-refractivity contribution in [2.75, 3.05) is 13.2 Å². The van der Waals surface area contributed by atoms with E-state index in [0.717, 1.165) is 18.6 Å². The van der Waals surface area contributed by atoms with Gasteiger partial charge in [-0.2, -0.15) is 0 Å². The van der Waals surface area contributed by atoms with E-state index in [9.17, 15) is 0 Å². The number of rotatable bonds is 66. The van der Waals surface area contributed by atoms with E-state index in [1.807, 2.05) is 12.1 Å². The van der Waals surface area contributed by atoms with E-state index in [0.29, 0.717) is 6.61 Å². The average molecular weight is 1470 g/mol. The quantitative estimate of drug-likeness (QED) is 0.0482. The molecule has 0 fully saturated rings. The first-order chi connectivity index (χ1) is 49.7. The Kier molecular flexibility index (Phi) is 45.1. The van der Waals surface area contributed by atoms with Crippen molar-refractivity contribution in [3.8, 4) is 5.75 Å². The Morgan fingerprint density at radius 2 is 0.438 bits per heavy atom. The highest BCUT2D eigenvalue weighted by atomic mass is 16.6. The molecule has 0 saturated heterocycles. The lowest BCUT2D eigenvalue weighted by atomic mass is 9.42. The first-order valence-electron chi connectivity index (χ1n) is 47.6. The molecule has 0 aliphatic heterocycles. The van der Waals surface area contributed by atoms with Crippen molar-refractivity contribution < 1.29 is 14.3 Å². The number of carbonyl (C=O) groups excluding carboxylic acids is 1. The van der Waals surface area contributed by atoms with Crippen molar-refractivity contribution in [1.82, 2.24) is 0 Å². The van der Waals surface area contributed by atoms with Gasteiger partial charge in [-0.3, -0.25) is 4.79 Å². The lowest BCUT2D eigenvalue weighted by molar-refractivity contribution is -0.164. The molecule has 1 rings (SSSR count). The molecule has 622 valence electrons. The second-order valence-electron chi connectivity index (χ2n) is 39.0. The van der Waals surface area contributed by atoms with Crippen LogP contribution in [-0.4, -0.2) is 19.2 Å². The molecule has 0 radical (unpaired) electrons. The fourth-order valence-electron chi connectivity index (χ4n) is 25.5. The van der Waals surface area contributed by atoms with Crippen molar-refractivity contribution in [1.29, 1.82) is 0 Å². The summed E-state index contributed by atoms with van der Waals surface area (Å²) >= 11 is 0. The van der Waals surface area contributed by atoms with Crippen LogP contribution in [0.5, 0.6) is 5.75 Å². The maximum absolute atomic E-state index is 17.0. The Morgan fingerprint density at radius 1 is 0.238 bits per heavy atom. The third-order valence-corrected chi connectivity index (χ3v) is 35.4. The Bertz CT molecular complexity index is 2090. The monoisotopic (exact) mass is 1470 g/mol. The minimum absolute atomic E-state index is 0.0306. The molecule has 0 aliphatic rings. The molecule has 0 aromatic heterocycles. The van der Waals surface area contributed by atoms with Gasteiger partial charge in [0.05, 0.1) is 5.41 Å². The average Bonchev–Trinajstić information content (AvgIpc) is 0.724. The van der Waals surface area contributed by atoms with Gasteiger partial charge in [-0.15, -0.1) is 0 Å². The summed E-state index contributed by atoms with van der Waals surface area (Å²) in [6.45, 7) is 81.6. The maximum atomic E-state index is 17.0. The molecule has 0 N–H and O–H groups in total. The number of ether oxygens (including phenoxy) is 2. The molecule has 105 heavy (non-hydrogen) atoms. The fourth-order valence-corrected chi connectivity index (χ4v) is 25.5. The van der Waals surface area contributed by atoms with Gasteiger partial charge in [-0.1, -0.05) is 425 Å². The van der Waals surface area contributed by atoms with Crippen LogP contribution in [0.25, 0.3) is 0 Å². The van der Waals surface area contributed by atoms with Crippen LogP contribution in [0.2, 0.25) is 0 Å². The topological polar surface area (TPSA) is 35.5 Å². The van der Waals surface area contributed by atoms with E-state index in [1.54, 1.807) is 0 Å². The van der Waals surface area contributed by atoms with Crippen molar-refractivity contribution in [3.05, 3.63) is 30.3 Å². The number of carbonyl (C=O) groups is 1. The SMILES string of the molecule is CCCCCC(CC)(CC(CC)(CC)CC)CC(CC(CC)(CC)CC)(CC(CC)(CC)CC)CC(CC(CC(CC)(CC)CC)(CC(CC)(CC)CC)CC(CC)(CC)CC)(CC(CC(CC)(CC)CC)(CC(CC)(CC)CC)CC(CC)(CC)CC)CC(C)(CC)C(=O)OCCOc1ccccc1. The highest BCUT2D eigenvalue weighted by Crippen LogP contribution is 2.72. The molecule has 3 nitrogen and oxygen atoms in total. The smallest absolute Gasteiger partial charge is 0.311 e. The number of hydrogen-bond donors (Lipinski definition) is 0. The number of esters is 1. The molecule has 1 aromatic rings. The van der Waals surface area contributed by atoms with Crippen LogP contribution in [0.1, 0.15) is 516 Å². The lowest BCUT2D eigenvalue weighted by Crippen LogP contribution is -2.52. The van der Waals surface area contributed by atoms with E-state index in [4.69, 9.17) is 9.47 Å². The number of hydrogen-bond acceptors (Lipinski definition) is 3. The molecular weight excluding hydrogens is 1270 g/mol. The third-order valence-electron chi connectivity index (χ3n) is 35.4. The predicted molar refractivity (Wildman–Crippen MR) is 472 cm³/mol. The zero-order chi connectivity index (χ0) is 80.3. The number of para-hydroxylation sites is 1. The summed E-state index contributed by atoms with van der Waals surface area (Å²) in [5.74, 6) is 0.870. The van der Waals surface area contributed by atoms with E-state index < -0.39 is 5.41 Å². The first kappa shape index (κ1) is 101. The predicted octanol–water partition coefficient (Wildman–Crippen LogP) is 35.4. The molecule has 0 aliphatic carbocycles. The van der Waals surface area contributed by atoms with Crippen LogP contribution in [0.3, 0.4) is 0 Å². The van der Waals surface area contributed by atoms with Crippen molar-refractivity contribution in [3.63, 3.8) is 0 Å². The second kappa shape index (κ2) is 46.6. The molecule has 3 heteroatoms. The van der Waals surface area contributed by atoms with Gasteiger partial charge in [0.25, 0.3) is 0 Å². The van der Waals surface area contributed by atoms with Gasteiger partial charge >= 0.3 is 5.97 Å². The normalized spacial score (nSPS) is 15.2. The van der Waals surface area contributed by atoms with Gasteiger partial charge in [0, 0.05) is 0 Å². The molecule has 0 spiro atoms. The van der Waals surface area contributed by atoms with Gasteiger partial charge in [0.2, 0.25) is 0 Å². The summed E-state index contributed by atoms with van der Waals surface area (Å²) in [6.07, 6.45) is 57.6. The van der Waals surface area contributed by atoms with E-state index >= 15 is 4.79 Å². The molecule has 0 heterocycles. The van der Waals surface area contributed by atoms with Crippen LogP contribution in [0.4, 0.5) is 0 Å². The van der Waals surface area contributed by atoms with E-state index in [2.05, 4.69) is 233 Å². The summed E-state index contributed by atoms with van der Waals surface area (Å²) in [5.41, 5.74) is 0.706. The Balaban J connectivity index is 6.51. The summed E-state index contributed by atoms with van der Waals surface area (Å²) in [6, 6.07) is 10.3. The van der Waals surface area contributed by atoms with Crippen LogP contribution >= 0.6 is 0 Å². The van der Waals surface area contributed by atoms with E-state index in [1.165, 1.54) is 289 Å². The minimum Gasteiger partial charge on any atom is -0.490 e. The molecule has 0 amide bonds. The molecular formula is C102H196O3. The van der Waals surface area contributed by atoms with Crippen LogP contribution < -0.4 is 4.74 Å². The van der Waals surface area contributed by atoms with Crippen LogP contribution in [0.15, 0.2) is 30.3 Å². The molecule has 0 bridgehead atoms. The van der Waals surface area contributed by atoms with E-state index in [-0.39, 0.29) is 88.4 Å². The largest absolute Gasteiger partial charge is 0.490 e. The highest BCUT2D eigenvalue weighted by Gasteiger charge is 2.61. The summed E-state index contributed by atoms with van der Waals surface area (Å²) in [7, 11) is 0. The standard InChI is InChI=1S/C102H196O3/c1-32-62-66-69-98(61-30,73-89(34-3,35-4)36-5)82-102(80-96(55-24,56-25)57-26,81-97(58-27,59-28)60-29)85-99(72-88(31,33-2)87(103)105-71-70-104-86-67-64-63-65-68-86,83-100(74-90(37-6,38-7)39-8,75-91(40-9,41-10)42-11)76-92(43-12,44-13)45-14)84-101(77-93(46-15,47-16)48-17,78-94(49-18,50-19)51-20)79-95(52-21,53-22)54-23/h63-65,67-68H,32-62,66,69-85H2,1-31H3. The second-order valence-corrected chi connectivity index (χ2v) is 39.0. The van der Waals surface area contributed by atoms with Gasteiger partial charge in [-0.05, 0) is 198 Å². The molecule has 2 unspecified atom stereocenters. The Morgan fingerprint density at radius 3 is 0.648 bits per heavy atom. The number of benzene rings is 1. The van der Waals surface area contributed by atoms with Crippen LogP contribution in [-0.2, 0) is 9.53 Å². The van der Waals surface area contributed by atoms with Gasteiger partial charge in [0.15, 0.2) is 0 Å². The van der Waals surface area contributed by atoms with Crippen LogP contribution in [0, 0.1) is 81.2 Å². The van der Waals surface area contributed by atoms with Gasteiger partial charge in [-0.25, -0.2) is 0 Å². The van der Waals surface area contributed by atoms with Crippen molar-refractivity contribution >= 4 is 5.97 Å². The Labute approximate surface area is 663 Å².